The van der Waals surface area contributed by atoms with Gasteiger partial charge in [0.2, 0.25) is 5.91 Å². The van der Waals surface area contributed by atoms with Gasteiger partial charge in [-0.15, -0.1) is 0 Å². The van der Waals surface area contributed by atoms with E-state index in [1.165, 1.54) is 5.56 Å². The highest BCUT2D eigenvalue weighted by atomic mass is 16.5. The fourth-order valence-corrected chi connectivity index (χ4v) is 3.60. The van der Waals surface area contributed by atoms with Gasteiger partial charge in [-0.2, -0.15) is 0 Å². The smallest absolute Gasteiger partial charge is 0.223 e. The molecule has 1 atom stereocenters. The molecule has 1 saturated heterocycles. The largest absolute Gasteiger partial charge is 0.487 e. The van der Waals surface area contributed by atoms with E-state index in [4.69, 9.17) is 9.47 Å². The monoisotopic (exact) mass is 301 g/mol. The average molecular weight is 301 g/mol. The molecule has 1 saturated carbocycles. The predicted molar refractivity (Wildman–Crippen MR) is 82.8 cm³/mol. The van der Waals surface area contributed by atoms with E-state index in [-0.39, 0.29) is 23.5 Å². The maximum Gasteiger partial charge on any atom is 0.223 e. The fraction of sp³-hybridized carbons (Fsp3) is 0.611. The average Bonchev–Trinajstić information content (AvgIpc) is 3.34. The van der Waals surface area contributed by atoms with Crippen LogP contribution in [0, 0.1) is 12.8 Å². The van der Waals surface area contributed by atoms with Crippen LogP contribution >= 0.6 is 0 Å². The van der Waals surface area contributed by atoms with E-state index in [0.29, 0.717) is 0 Å². The molecule has 0 bridgehead atoms. The van der Waals surface area contributed by atoms with Crippen LogP contribution in [0.25, 0.3) is 0 Å². The molecular formula is C18H23NO3. The lowest BCUT2D eigenvalue weighted by Crippen LogP contribution is -2.48. The van der Waals surface area contributed by atoms with Crippen molar-refractivity contribution >= 4 is 5.91 Å². The van der Waals surface area contributed by atoms with Gasteiger partial charge < -0.3 is 14.8 Å². The Bertz CT molecular complexity index is 588. The van der Waals surface area contributed by atoms with Gasteiger partial charge in [-0.1, -0.05) is 17.7 Å². The Balaban J connectivity index is 1.64. The van der Waals surface area contributed by atoms with Crippen molar-refractivity contribution in [2.75, 3.05) is 13.2 Å². The summed E-state index contributed by atoms with van der Waals surface area (Å²) in [4.78, 5) is 12.3. The minimum atomic E-state index is -0.179. The Labute approximate surface area is 131 Å². The van der Waals surface area contributed by atoms with E-state index in [0.717, 1.165) is 56.6 Å². The van der Waals surface area contributed by atoms with Gasteiger partial charge in [0.15, 0.2) is 0 Å². The zero-order chi connectivity index (χ0) is 15.2. The van der Waals surface area contributed by atoms with Crippen molar-refractivity contribution in [3.63, 3.8) is 0 Å². The fourth-order valence-electron chi connectivity index (χ4n) is 3.60. The van der Waals surface area contributed by atoms with Crippen molar-refractivity contribution in [3.8, 4) is 5.75 Å². The van der Waals surface area contributed by atoms with Gasteiger partial charge in [-0.05, 0) is 25.8 Å². The molecule has 1 amide bonds. The minimum absolute atomic E-state index is 0.0647. The number of rotatable bonds is 2. The Hall–Kier alpha value is -1.55. The zero-order valence-electron chi connectivity index (χ0n) is 13.1. The molecule has 1 aliphatic carbocycles. The van der Waals surface area contributed by atoms with Crippen LogP contribution in [0.3, 0.4) is 0 Å². The molecule has 2 fully saturated rings. The molecule has 1 spiro atoms. The molecule has 1 N–H and O–H groups in total. The topological polar surface area (TPSA) is 47.6 Å². The first kappa shape index (κ1) is 14.1. The highest BCUT2D eigenvalue weighted by Gasteiger charge is 2.43. The second kappa shape index (κ2) is 5.27. The van der Waals surface area contributed by atoms with E-state index in [9.17, 15) is 4.79 Å². The van der Waals surface area contributed by atoms with Crippen LogP contribution in [-0.4, -0.2) is 24.7 Å². The third kappa shape index (κ3) is 2.60. The third-order valence-electron chi connectivity index (χ3n) is 5.11. The number of hydrogen-bond donors (Lipinski definition) is 1. The molecule has 0 aromatic heterocycles. The van der Waals surface area contributed by atoms with Crippen molar-refractivity contribution in [1.29, 1.82) is 0 Å². The molecule has 4 rings (SSSR count). The van der Waals surface area contributed by atoms with E-state index < -0.39 is 0 Å². The molecule has 2 aliphatic heterocycles. The number of ether oxygens (including phenoxy) is 2. The van der Waals surface area contributed by atoms with Gasteiger partial charge in [0.1, 0.15) is 11.4 Å². The van der Waals surface area contributed by atoms with Crippen LogP contribution in [0.15, 0.2) is 18.2 Å². The van der Waals surface area contributed by atoms with Crippen molar-refractivity contribution in [2.45, 2.75) is 50.7 Å². The lowest BCUT2D eigenvalue weighted by atomic mass is 9.81. The molecule has 3 aliphatic rings. The van der Waals surface area contributed by atoms with Gasteiger partial charge >= 0.3 is 0 Å². The van der Waals surface area contributed by atoms with Crippen LogP contribution in [0.5, 0.6) is 5.75 Å². The van der Waals surface area contributed by atoms with Crippen LogP contribution in [0.4, 0.5) is 0 Å². The summed E-state index contributed by atoms with van der Waals surface area (Å²) in [5.41, 5.74) is 2.16. The number of amides is 1. The maximum absolute atomic E-state index is 12.3. The molecule has 2 heterocycles. The van der Waals surface area contributed by atoms with E-state index >= 15 is 0 Å². The summed E-state index contributed by atoms with van der Waals surface area (Å²) in [5, 5.41) is 3.28. The third-order valence-corrected chi connectivity index (χ3v) is 5.11. The lowest BCUT2D eigenvalue weighted by molar-refractivity contribution is -0.124. The highest BCUT2D eigenvalue weighted by molar-refractivity contribution is 5.81. The van der Waals surface area contributed by atoms with Crippen molar-refractivity contribution in [2.24, 2.45) is 5.92 Å². The first-order chi connectivity index (χ1) is 10.7. The van der Waals surface area contributed by atoms with Gasteiger partial charge in [-0.25, -0.2) is 0 Å². The molecule has 1 unspecified atom stereocenters. The van der Waals surface area contributed by atoms with Gasteiger partial charge in [0, 0.05) is 30.7 Å². The Kier molecular flexibility index (Phi) is 3.37. The van der Waals surface area contributed by atoms with Gasteiger partial charge in [-0.3, -0.25) is 4.79 Å². The molecule has 1 aromatic rings. The number of aryl methyl sites for hydroxylation is 1. The van der Waals surface area contributed by atoms with Crippen LogP contribution in [0.1, 0.15) is 49.3 Å². The van der Waals surface area contributed by atoms with Crippen LogP contribution < -0.4 is 10.1 Å². The Morgan fingerprint density at radius 1 is 1.27 bits per heavy atom. The summed E-state index contributed by atoms with van der Waals surface area (Å²) in [5.74, 6) is 1.38. The number of benzene rings is 1. The molecule has 4 heteroatoms. The Morgan fingerprint density at radius 2 is 2.05 bits per heavy atom. The minimum Gasteiger partial charge on any atom is -0.487 e. The summed E-state index contributed by atoms with van der Waals surface area (Å²) in [6.45, 7) is 3.56. The Morgan fingerprint density at radius 3 is 2.77 bits per heavy atom. The molecule has 22 heavy (non-hydrogen) atoms. The maximum atomic E-state index is 12.3. The predicted octanol–water partition coefficient (Wildman–Crippen LogP) is 2.89. The van der Waals surface area contributed by atoms with Crippen molar-refractivity contribution < 1.29 is 14.3 Å². The zero-order valence-corrected chi connectivity index (χ0v) is 13.1. The molecule has 4 nitrogen and oxygen atoms in total. The summed E-state index contributed by atoms with van der Waals surface area (Å²) < 4.78 is 11.9. The summed E-state index contributed by atoms with van der Waals surface area (Å²) in [7, 11) is 0. The van der Waals surface area contributed by atoms with Gasteiger partial charge in [0.25, 0.3) is 0 Å². The lowest BCUT2D eigenvalue weighted by Gasteiger charge is -2.44. The number of nitrogens with one attached hydrogen (secondary N) is 1. The van der Waals surface area contributed by atoms with E-state index in [1.54, 1.807) is 0 Å². The summed E-state index contributed by atoms with van der Waals surface area (Å²) in [6.07, 6.45) is 4.72. The van der Waals surface area contributed by atoms with E-state index in [2.05, 4.69) is 30.4 Å². The summed E-state index contributed by atoms with van der Waals surface area (Å²) >= 11 is 0. The number of fused-ring (bicyclic) bond motifs is 1. The quantitative estimate of drug-likeness (QED) is 0.913. The second-order valence-corrected chi connectivity index (χ2v) is 6.98. The van der Waals surface area contributed by atoms with Crippen LogP contribution in [-0.2, 0) is 9.53 Å². The first-order valence-corrected chi connectivity index (χ1v) is 8.33. The number of carbonyl (C=O) groups excluding carboxylic acids is 1. The van der Waals surface area contributed by atoms with E-state index in [1.807, 2.05) is 0 Å². The SMILES string of the molecule is Cc1ccc2c(c1)C(NC(=O)C1CC1)CC1(CCOCC1)O2. The number of hydrogen-bond acceptors (Lipinski definition) is 3. The molecular weight excluding hydrogens is 278 g/mol. The molecule has 0 radical (unpaired) electrons. The normalized spacial score (nSPS) is 26.1. The summed E-state index contributed by atoms with van der Waals surface area (Å²) in [6, 6.07) is 6.35. The molecule has 118 valence electrons. The first-order valence-electron chi connectivity index (χ1n) is 8.33. The van der Waals surface area contributed by atoms with Gasteiger partial charge in [0.05, 0.1) is 19.3 Å². The molecule has 1 aromatic carbocycles. The highest BCUT2D eigenvalue weighted by Crippen LogP contribution is 2.44. The van der Waals surface area contributed by atoms with Crippen molar-refractivity contribution in [1.82, 2.24) is 5.32 Å². The second-order valence-electron chi connectivity index (χ2n) is 6.98. The number of carbonyl (C=O) groups is 1. The van der Waals surface area contributed by atoms with Crippen LogP contribution in [0.2, 0.25) is 0 Å². The van der Waals surface area contributed by atoms with Crippen molar-refractivity contribution in [3.05, 3.63) is 29.3 Å². The standard InChI is InChI=1S/C18H23NO3/c1-12-2-5-16-14(10-12)15(19-17(20)13-3-4-13)11-18(22-16)6-8-21-9-7-18/h2,5,10,13,15H,3-4,6-9,11H2,1H3,(H,19,20).